The van der Waals surface area contributed by atoms with Crippen molar-refractivity contribution in [1.82, 2.24) is 0 Å². The van der Waals surface area contributed by atoms with Crippen molar-refractivity contribution in [3.05, 3.63) is 83.9 Å². The van der Waals surface area contributed by atoms with Crippen molar-refractivity contribution in [2.75, 3.05) is 0 Å². The van der Waals surface area contributed by atoms with Gasteiger partial charge in [0.2, 0.25) is 0 Å². The predicted molar refractivity (Wildman–Crippen MR) is 81.4 cm³/mol. The molecule has 3 aliphatic carbocycles. The van der Waals surface area contributed by atoms with Crippen molar-refractivity contribution in [1.29, 1.82) is 0 Å². The lowest BCUT2D eigenvalue weighted by atomic mass is 9.78. The molecular formula is C20H18. The summed E-state index contributed by atoms with van der Waals surface area (Å²) >= 11 is 0. The third-order valence-corrected chi connectivity index (χ3v) is 5.90. The van der Waals surface area contributed by atoms with Crippen LogP contribution in [0.2, 0.25) is 0 Å². The van der Waals surface area contributed by atoms with Crippen LogP contribution in [0.25, 0.3) is 0 Å². The first-order chi connectivity index (χ1) is 9.92. The molecule has 0 heterocycles. The van der Waals surface area contributed by atoms with E-state index in [1.54, 1.807) is 0 Å². The zero-order chi connectivity index (χ0) is 13.2. The first-order valence-electron chi connectivity index (χ1n) is 7.72. The van der Waals surface area contributed by atoms with Crippen LogP contribution in [0.1, 0.15) is 17.5 Å². The van der Waals surface area contributed by atoms with E-state index in [4.69, 9.17) is 0 Å². The van der Waals surface area contributed by atoms with Gasteiger partial charge in [-0.2, -0.15) is 0 Å². The minimum atomic E-state index is 0.291. The number of hydrogen-bond acceptors (Lipinski definition) is 0. The predicted octanol–water partition coefficient (Wildman–Crippen LogP) is 4.42. The first-order valence-corrected chi connectivity index (χ1v) is 7.72. The minimum Gasteiger partial charge on any atom is -0.0848 e. The zero-order valence-corrected chi connectivity index (χ0v) is 11.4. The Balaban J connectivity index is 1.71. The SMILES string of the molecule is C1=C[C@H]2C[C@@H]1[C@@H]1[C@H]2C1(c1ccccc1)c1ccccc1. The van der Waals surface area contributed by atoms with Gasteiger partial charge in [0.05, 0.1) is 0 Å². The number of allylic oxidation sites excluding steroid dienone is 2. The van der Waals surface area contributed by atoms with Gasteiger partial charge in [0.25, 0.3) is 0 Å². The lowest BCUT2D eigenvalue weighted by Gasteiger charge is -2.25. The molecule has 0 heteroatoms. The Morgan fingerprint density at radius 2 is 1.10 bits per heavy atom. The van der Waals surface area contributed by atoms with Gasteiger partial charge in [-0.15, -0.1) is 0 Å². The van der Waals surface area contributed by atoms with E-state index in [9.17, 15) is 0 Å². The number of hydrogen-bond donors (Lipinski definition) is 0. The lowest BCUT2D eigenvalue weighted by Crippen LogP contribution is -2.20. The molecule has 0 radical (unpaired) electrons. The molecular weight excluding hydrogens is 240 g/mol. The maximum absolute atomic E-state index is 2.49. The quantitative estimate of drug-likeness (QED) is 0.699. The monoisotopic (exact) mass is 258 g/mol. The molecule has 2 saturated carbocycles. The smallest absolute Gasteiger partial charge is 0.0277 e. The van der Waals surface area contributed by atoms with Gasteiger partial charge in [0, 0.05) is 5.41 Å². The summed E-state index contributed by atoms with van der Waals surface area (Å²) in [6.45, 7) is 0. The van der Waals surface area contributed by atoms with Crippen LogP contribution in [0.4, 0.5) is 0 Å². The van der Waals surface area contributed by atoms with Crippen LogP contribution >= 0.6 is 0 Å². The number of fused-ring (bicyclic) bond motifs is 5. The van der Waals surface area contributed by atoms with Gasteiger partial charge in [0.15, 0.2) is 0 Å². The van der Waals surface area contributed by atoms with Gasteiger partial charge >= 0.3 is 0 Å². The summed E-state index contributed by atoms with van der Waals surface area (Å²) in [5.41, 5.74) is 3.35. The van der Waals surface area contributed by atoms with Crippen LogP contribution in [0.3, 0.4) is 0 Å². The van der Waals surface area contributed by atoms with Crippen molar-refractivity contribution in [3.8, 4) is 0 Å². The summed E-state index contributed by atoms with van der Waals surface area (Å²) < 4.78 is 0. The molecule has 0 aliphatic heterocycles. The fourth-order valence-electron chi connectivity index (χ4n) is 5.30. The molecule has 0 N–H and O–H groups in total. The fourth-order valence-corrected chi connectivity index (χ4v) is 5.30. The van der Waals surface area contributed by atoms with Crippen LogP contribution in [-0.4, -0.2) is 0 Å². The molecule has 2 aromatic carbocycles. The second-order valence-electron chi connectivity index (χ2n) is 6.60. The molecule has 0 amide bonds. The number of rotatable bonds is 2. The van der Waals surface area contributed by atoms with Crippen molar-refractivity contribution in [2.24, 2.45) is 23.7 Å². The Hall–Kier alpha value is -1.82. The van der Waals surface area contributed by atoms with Crippen LogP contribution < -0.4 is 0 Å². The average Bonchev–Trinajstić information content (AvgIpc) is 2.84. The summed E-state index contributed by atoms with van der Waals surface area (Å²) in [7, 11) is 0. The highest BCUT2D eigenvalue weighted by Crippen LogP contribution is 2.76. The van der Waals surface area contributed by atoms with Gasteiger partial charge in [-0.05, 0) is 41.2 Å². The molecule has 98 valence electrons. The Labute approximate surface area is 120 Å². The van der Waals surface area contributed by atoms with Gasteiger partial charge in [-0.25, -0.2) is 0 Å². The van der Waals surface area contributed by atoms with Gasteiger partial charge < -0.3 is 0 Å². The molecule has 3 aliphatic rings. The molecule has 4 atom stereocenters. The average molecular weight is 258 g/mol. The summed E-state index contributed by atoms with van der Waals surface area (Å²) in [4.78, 5) is 0. The van der Waals surface area contributed by atoms with E-state index in [1.165, 1.54) is 17.5 Å². The Bertz CT molecular complexity index is 608. The summed E-state index contributed by atoms with van der Waals surface area (Å²) in [5, 5.41) is 0. The van der Waals surface area contributed by atoms with E-state index in [1.807, 2.05) is 0 Å². The van der Waals surface area contributed by atoms with Crippen molar-refractivity contribution >= 4 is 0 Å². The van der Waals surface area contributed by atoms with Crippen LogP contribution in [0.15, 0.2) is 72.8 Å². The third kappa shape index (κ3) is 1.14. The maximum Gasteiger partial charge on any atom is 0.0277 e. The molecule has 0 saturated heterocycles. The minimum absolute atomic E-state index is 0.291. The summed E-state index contributed by atoms with van der Waals surface area (Å²) in [6, 6.07) is 22.4. The standard InChI is InChI=1S/C20H18/c1-3-7-16(8-4-1)20(17-9-5-2-6-10-17)18-14-11-12-15(13-14)19(18)20/h1-12,14-15,18-19H,13H2/t14-,15+,18-,19+. The molecule has 0 spiro atoms. The van der Waals surface area contributed by atoms with Crippen LogP contribution in [0, 0.1) is 23.7 Å². The Morgan fingerprint density at radius 1 is 0.650 bits per heavy atom. The second kappa shape index (κ2) is 3.63. The fraction of sp³-hybridized carbons (Fsp3) is 0.300. The second-order valence-corrected chi connectivity index (χ2v) is 6.60. The van der Waals surface area contributed by atoms with Crippen molar-refractivity contribution in [3.63, 3.8) is 0 Å². The number of benzene rings is 2. The Morgan fingerprint density at radius 3 is 1.55 bits per heavy atom. The molecule has 5 rings (SSSR count). The van der Waals surface area contributed by atoms with Crippen LogP contribution in [0.5, 0.6) is 0 Å². The first kappa shape index (κ1) is 10.9. The molecule has 2 bridgehead atoms. The normalized spacial score (nSPS) is 35.0. The highest BCUT2D eigenvalue weighted by atomic mass is 14.8. The molecule has 20 heavy (non-hydrogen) atoms. The van der Waals surface area contributed by atoms with Crippen molar-refractivity contribution in [2.45, 2.75) is 11.8 Å². The third-order valence-electron chi connectivity index (χ3n) is 5.90. The summed E-state index contributed by atoms with van der Waals surface area (Å²) in [6.07, 6.45) is 6.37. The van der Waals surface area contributed by atoms with E-state index >= 15 is 0 Å². The largest absolute Gasteiger partial charge is 0.0848 e. The van der Waals surface area contributed by atoms with E-state index in [0.717, 1.165) is 23.7 Å². The zero-order valence-electron chi connectivity index (χ0n) is 11.4. The van der Waals surface area contributed by atoms with Gasteiger partial charge in [0.1, 0.15) is 0 Å². The lowest BCUT2D eigenvalue weighted by molar-refractivity contribution is 0.478. The topological polar surface area (TPSA) is 0 Å². The molecule has 0 aromatic heterocycles. The van der Waals surface area contributed by atoms with Gasteiger partial charge in [-0.1, -0.05) is 72.8 Å². The van der Waals surface area contributed by atoms with E-state index in [0.29, 0.717) is 5.41 Å². The molecule has 2 fully saturated rings. The molecule has 0 nitrogen and oxygen atoms in total. The van der Waals surface area contributed by atoms with E-state index in [-0.39, 0.29) is 0 Å². The Kier molecular flexibility index (Phi) is 1.98. The highest BCUT2D eigenvalue weighted by molar-refractivity contribution is 5.53. The highest BCUT2D eigenvalue weighted by Gasteiger charge is 2.74. The molecule has 2 aromatic rings. The molecule has 0 unspecified atom stereocenters. The van der Waals surface area contributed by atoms with E-state index < -0.39 is 0 Å². The van der Waals surface area contributed by atoms with E-state index in [2.05, 4.69) is 72.8 Å². The maximum atomic E-state index is 2.49. The van der Waals surface area contributed by atoms with Crippen molar-refractivity contribution < 1.29 is 0 Å². The summed E-state index contributed by atoms with van der Waals surface area (Å²) in [5.74, 6) is 3.29. The van der Waals surface area contributed by atoms with Crippen LogP contribution in [-0.2, 0) is 5.41 Å². The van der Waals surface area contributed by atoms with Gasteiger partial charge in [-0.3, -0.25) is 0 Å².